The smallest absolute Gasteiger partial charge is 0.336 e. The van der Waals surface area contributed by atoms with Gasteiger partial charge in [0, 0.05) is 48.0 Å². The molecule has 14 heteroatoms. The van der Waals surface area contributed by atoms with Crippen molar-refractivity contribution in [3.05, 3.63) is 106 Å². The number of esters is 1. The number of amides is 3. The Kier molecular flexibility index (Phi) is 11.4. The summed E-state index contributed by atoms with van der Waals surface area (Å²) in [6.07, 6.45) is 1.36. The van der Waals surface area contributed by atoms with Gasteiger partial charge < -0.3 is 40.4 Å². The van der Waals surface area contributed by atoms with Crippen LogP contribution in [0.5, 0.6) is 11.5 Å². The molecule has 0 aromatic heterocycles. The van der Waals surface area contributed by atoms with Crippen molar-refractivity contribution in [3.63, 3.8) is 0 Å². The maximum Gasteiger partial charge on any atom is 0.336 e. The number of carboxylic acids is 1. The van der Waals surface area contributed by atoms with E-state index < -0.39 is 36.0 Å². The van der Waals surface area contributed by atoms with Crippen molar-refractivity contribution in [2.24, 2.45) is 0 Å². The number of hydrogen-bond donors (Lipinski definition) is 6. The number of carbonyl (C=O) groups is 5. The summed E-state index contributed by atoms with van der Waals surface area (Å²) in [5, 5.41) is 38.6. The lowest BCUT2D eigenvalue weighted by Crippen LogP contribution is -2.62. The van der Waals surface area contributed by atoms with Crippen molar-refractivity contribution in [1.82, 2.24) is 16.0 Å². The summed E-state index contributed by atoms with van der Waals surface area (Å²) in [7, 11) is 0. The van der Waals surface area contributed by atoms with Gasteiger partial charge in [-0.25, -0.2) is 9.59 Å². The van der Waals surface area contributed by atoms with Gasteiger partial charge in [-0.05, 0) is 78.9 Å². The van der Waals surface area contributed by atoms with Crippen LogP contribution in [0.1, 0.15) is 54.1 Å². The third kappa shape index (κ3) is 9.10. The van der Waals surface area contributed by atoms with Crippen molar-refractivity contribution in [1.29, 1.82) is 0 Å². The lowest BCUT2D eigenvalue weighted by molar-refractivity contribution is -0.176. The molecule has 284 valence electrons. The lowest BCUT2D eigenvalue weighted by Gasteiger charge is -2.33. The number of carbonyl (C=O) groups excluding carboxylic acids is 4. The van der Waals surface area contributed by atoms with Crippen LogP contribution in [0.2, 0.25) is 0 Å². The number of rotatable bonds is 15. The zero-order valence-corrected chi connectivity index (χ0v) is 29.8. The highest BCUT2D eigenvalue weighted by Gasteiger charge is 2.41. The number of nitrogens with one attached hydrogen (secondary N) is 3. The molecule has 0 spiro atoms. The highest BCUT2D eigenvalue weighted by atomic mass is 16.6. The van der Waals surface area contributed by atoms with E-state index in [1.807, 2.05) is 0 Å². The van der Waals surface area contributed by atoms with Gasteiger partial charge in [0.25, 0.3) is 0 Å². The van der Waals surface area contributed by atoms with E-state index in [4.69, 9.17) is 9.15 Å². The number of cyclic esters (lactones) is 1. The summed E-state index contributed by atoms with van der Waals surface area (Å²) in [5.74, 6) is -2.73. The topological polar surface area (TPSA) is 222 Å². The predicted octanol–water partition coefficient (Wildman–Crippen LogP) is 4.05. The molecule has 1 fully saturated rings. The zero-order valence-electron chi connectivity index (χ0n) is 29.8. The van der Waals surface area contributed by atoms with E-state index in [2.05, 4.69) is 16.0 Å². The Balaban J connectivity index is 1.02. The Morgan fingerprint density at radius 1 is 0.800 bits per heavy atom. The van der Waals surface area contributed by atoms with Crippen molar-refractivity contribution < 1.29 is 48.4 Å². The van der Waals surface area contributed by atoms with Crippen LogP contribution >= 0.6 is 0 Å². The van der Waals surface area contributed by atoms with Crippen LogP contribution in [0.4, 0.5) is 0 Å². The van der Waals surface area contributed by atoms with Crippen LogP contribution < -0.4 is 21.4 Å². The Morgan fingerprint density at radius 3 is 2.25 bits per heavy atom. The average Bonchev–Trinajstić information content (AvgIpc) is 3.14. The molecule has 1 saturated heterocycles. The molecule has 14 nitrogen and oxygen atoms in total. The van der Waals surface area contributed by atoms with Crippen molar-refractivity contribution in [2.75, 3.05) is 6.54 Å². The quantitative estimate of drug-likeness (QED) is 0.0509. The molecule has 2 heterocycles. The number of phenolic OH excluding ortho intramolecular Hbond substituents is 2. The van der Waals surface area contributed by atoms with Crippen LogP contribution in [0, 0.1) is 0 Å². The van der Waals surface area contributed by atoms with Gasteiger partial charge >= 0.3 is 11.9 Å². The number of benzene rings is 4. The first-order valence-electron chi connectivity index (χ1n) is 17.8. The molecule has 3 aliphatic rings. The molecule has 1 aliphatic carbocycles. The van der Waals surface area contributed by atoms with Crippen molar-refractivity contribution >= 4 is 40.6 Å². The maximum absolute atomic E-state index is 13.0. The Labute approximate surface area is 314 Å². The summed E-state index contributed by atoms with van der Waals surface area (Å²) >= 11 is 0. The molecule has 3 atom stereocenters. The molecule has 6 rings (SSSR count). The number of aromatic carboxylic acids is 1. The summed E-state index contributed by atoms with van der Waals surface area (Å²) < 4.78 is 10.8. The Bertz CT molecular complexity index is 2300. The van der Waals surface area contributed by atoms with Crippen LogP contribution in [0.3, 0.4) is 0 Å². The molecule has 3 aromatic rings. The van der Waals surface area contributed by atoms with Crippen LogP contribution in [-0.2, 0) is 36.8 Å². The Hall–Kier alpha value is -6.70. The molecule has 3 aromatic carbocycles. The van der Waals surface area contributed by atoms with Crippen molar-refractivity contribution in [3.8, 4) is 33.9 Å². The van der Waals surface area contributed by atoms with Gasteiger partial charge in [-0.15, -0.1) is 0 Å². The Morgan fingerprint density at radius 2 is 1.53 bits per heavy atom. The number of ether oxygens (including phenoxy) is 1. The number of fused-ring (bicyclic) bond motifs is 2. The number of carboxylic acid groups (broad SMARTS) is 1. The third-order valence-corrected chi connectivity index (χ3v) is 9.38. The summed E-state index contributed by atoms with van der Waals surface area (Å²) in [5.41, 5.74) is 2.44. The number of unbranched alkanes of at least 4 members (excludes halogenated alkanes) is 2. The van der Waals surface area contributed by atoms with E-state index in [1.165, 1.54) is 42.5 Å². The van der Waals surface area contributed by atoms with E-state index in [0.29, 0.717) is 59.0 Å². The second-order valence-electron chi connectivity index (χ2n) is 13.5. The average molecular weight is 750 g/mol. The molecule has 2 aliphatic heterocycles. The van der Waals surface area contributed by atoms with Gasteiger partial charge in [0.15, 0.2) is 11.5 Å². The van der Waals surface area contributed by atoms with Gasteiger partial charge in [-0.1, -0.05) is 30.7 Å². The summed E-state index contributed by atoms with van der Waals surface area (Å²) in [6, 6.07) is 17.9. The van der Waals surface area contributed by atoms with Crippen molar-refractivity contribution in [2.45, 2.75) is 63.6 Å². The zero-order chi connectivity index (χ0) is 39.2. The molecule has 0 saturated carbocycles. The second kappa shape index (κ2) is 16.5. The van der Waals surface area contributed by atoms with E-state index >= 15 is 0 Å². The van der Waals surface area contributed by atoms with Gasteiger partial charge in [-0.3, -0.25) is 19.2 Å². The van der Waals surface area contributed by atoms with E-state index in [-0.39, 0.29) is 64.9 Å². The van der Waals surface area contributed by atoms with Crippen LogP contribution in [0.15, 0.2) is 88.1 Å². The molecule has 1 unspecified atom stereocenters. The summed E-state index contributed by atoms with van der Waals surface area (Å²) in [6.45, 7) is 1.98. The predicted molar refractivity (Wildman–Crippen MR) is 200 cm³/mol. The van der Waals surface area contributed by atoms with Gasteiger partial charge in [0.05, 0.1) is 12.0 Å². The molecule has 6 N–H and O–H groups in total. The minimum atomic E-state index is -1.22. The molecule has 0 bridgehead atoms. The van der Waals surface area contributed by atoms with E-state index in [9.17, 15) is 44.1 Å². The largest absolute Gasteiger partial charge is 0.508 e. The molecule has 3 amide bonds. The normalized spacial score (nSPS) is 15.5. The molecule has 0 radical (unpaired) electrons. The fourth-order valence-electron chi connectivity index (χ4n) is 6.53. The minimum absolute atomic E-state index is 0.0560. The fraction of sp³-hybridized carbons (Fsp3) is 0.268. The van der Waals surface area contributed by atoms with E-state index in [1.54, 1.807) is 43.3 Å². The SMILES string of the molecule is C[C@H]1OC(=O)[C@H]1NC(=O)C(Cc1ccc(O)cc1)NC(=O)CCCCCNC(=O)Cc1ccc(-c2c3ccc(=O)cc-3oc3cc(O)ccc23)c(C(=O)O)c1. The van der Waals surface area contributed by atoms with Gasteiger partial charge in [-0.2, -0.15) is 0 Å². The highest BCUT2D eigenvalue weighted by Crippen LogP contribution is 2.42. The van der Waals surface area contributed by atoms with Gasteiger partial charge in [0.2, 0.25) is 17.7 Å². The van der Waals surface area contributed by atoms with Crippen LogP contribution in [-0.4, -0.2) is 69.7 Å². The lowest BCUT2D eigenvalue weighted by atomic mass is 9.89. The number of phenols is 2. The monoisotopic (exact) mass is 749 g/mol. The second-order valence-corrected chi connectivity index (χ2v) is 13.5. The number of hydrogen-bond acceptors (Lipinski definition) is 10. The molecular formula is C41H39N3O11. The molecule has 55 heavy (non-hydrogen) atoms. The minimum Gasteiger partial charge on any atom is -0.508 e. The van der Waals surface area contributed by atoms with Gasteiger partial charge in [0.1, 0.15) is 35.0 Å². The highest BCUT2D eigenvalue weighted by molar-refractivity contribution is 6.07. The fourth-order valence-corrected chi connectivity index (χ4v) is 6.53. The standard InChI is InChI=1S/C41H39N3O11/c1-22-38(41(53)54-22)44-39(50)32(18-23-6-9-25(45)10-7-23)43-35(48)5-3-2-4-16-42-36(49)19-24-8-13-28(31(17-24)40(51)52)37-29-14-11-26(46)20-33(29)55-34-21-27(47)12-15-30(34)37/h6-15,17,20-22,32,38,45-46H,2-5,16,18-19H2,1H3,(H,42,49)(H,43,48)(H,44,50)(H,51,52)/t22-,32?,38+/m1/s1. The number of aromatic hydroxyl groups is 2. The first-order valence-corrected chi connectivity index (χ1v) is 17.8. The first-order chi connectivity index (χ1) is 26.4. The first kappa shape index (κ1) is 38.0. The van der Waals surface area contributed by atoms with E-state index in [0.717, 1.165) is 0 Å². The molecular weight excluding hydrogens is 710 g/mol. The third-order valence-electron chi connectivity index (χ3n) is 9.38. The van der Waals surface area contributed by atoms with Crippen LogP contribution in [0.25, 0.3) is 33.4 Å². The summed E-state index contributed by atoms with van der Waals surface area (Å²) in [4.78, 5) is 75.0. The maximum atomic E-state index is 13.0.